The van der Waals surface area contributed by atoms with Crippen LogP contribution >= 0.6 is 11.6 Å². The van der Waals surface area contributed by atoms with Crippen molar-refractivity contribution in [2.24, 2.45) is 0 Å². The first-order valence-electron chi connectivity index (χ1n) is 8.06. The Hall–Kier alpha value is -2.85. The molecule has 2 aromatic heterocycles. The van der Waals surface area contributed by atoms with Crippen LogP contribution in [0.1, 0.15) is 11.3 Å². The Kier molecular flexibility index (Phi) is 3.90. The van der Waals surface area contributed by atoms with Gasteiger partial charge in [0.25, 0.3) is 0 Å². The SMILES string of the molecule is Cc1nc2c(-c3ccccc3)cnn2c(Nc2cccc(Cl)c2)c1C. The maximum atomic E-state index is 6.11. The fourth-order valence-electron chi connectivity index (χ4n) is 2.86. The van der Waals surface area contributed by atoms with Crippen molar-refractivity contribution in [1.29, 1.82) is 0 Å². The monoisotopic (exact) mass is 348 g/mol. The van der Waals surface area contributed by atoms with Gasteiger partial charge in [0.1, 0.15) is 5.82 Å². The molecule has 5 heteroatoms. The van der Waals surface area contributed by atoms with E-state index in [1.54, 1.807) is 0 Å². The number of benzene rings is 2. The molecule has 2 heterocycles. The third kappa shape index (κ3) is 2.85. The first-order chi connectivity index (χ1) is 12.1. The summed E-state index contributed by atoms with van der Waals surface area (Å²) in [4.78, 5) is 4.77. The standard InChI is InChI=1S/C20H17ClN4/c1-13-14(2)23-20-18(15-7-4-3-5-8-15)12-22-25(20)19(13)24-17-10-6-9-16(21)11-17/h3-12,24H,1-2H3. The summed E-state index contributed by atoms with van der Waals surface area (Å²) in [5.41, 5.74) is 5.88. The van der Waals surface area contributed by atoms with Gasteiger partial charge in [-0.3, -0.25) is 0 Å². The molecule has 0 saturated heterocycles. The van der Waals surface area contributed by atoms with Gasteiger partial charge in [-0.2, -0.15) is 9.61 Å². The van der Waals surface area contributed by atoms with Crippen molar-refractivity contribution in [1.82, 2.24) is 14.6 Å². The van der Waals surface area contributed by atoms with Crippen molar-refractivity contribution in [3.05, 3.63) is 77.1 Å². The van der Waals surface area contributed by atoms with Crippen molar-refractivity contribution in [2.45, 2.75) is 13.8 Å². The number of hydrogen-bond donors (Lipinski definition) is 1. The van der Waals surface area contributed by atoms with Gasteiger partial charge in [-0.05, 0) is 37.6 Å². The minimum absolute atomic E-state index is 0.690. The fraction of sp³-hybridized carbons (Fsp3) is 0.100. The molecule has 0 bridgehead atoms. The van der Waals surface area contributed by atoms with E-state index in [1.807, 2.05) is 67.0 Å². The van der Waals surface area contributed by atoms with E-state index in [-0.39, 0.29) is 0 Å². The Balaban J connectivity index is 1.89. The van der Waals surface area contributed by atoms with Crippen LogP contribution < -0.4 is 5.32 Å². The van der Waals surface area contributed by atoms with Gasteiger partial charge in [0.15, 0.2) is 5.65 Å². The molecule has 0 aliphatic heterocycles. The van der Waals surface area contributed by atoms with Crippen LogP contribution in [0.3, 0.4) is 0 Å². The molecule has 0 aliphatic carbocycles. The normalized spacial score (nSPS) is 11.0. The lowest BCUT2D eigenvalue weighted by Gasteiger charge is -2.14. The van der Waals surface area contributed by atoms with Gasteiger partial charge >= 0.3 is 0 Å². The second kappa shape index (κ2) is 6.22. The molecular weight excluding hydrogens is 332 g/mol. The van der Waals surface area contributed by atoms with Crippen molar-refractivity contribution in [3.63, 3.8) is 0 Å². The Morgan fingerprint density at radius 3 is 2.56 bits per heavy atom. The molecule has 2 aromatic carbocycles. The number of anilines is 2. The van der Waals surface area contributed by atoms with Gasteiger partial charge < -0.3 is 5.32 Å². The smallest absolute Gasteiger partial charge is 0.165 e. The zero-order valence-corrected chi connectivity index (χ0v) is 14.7. The quantitative estimate of drug-likeness (QED) is 0.538. The van der Waals surface area contributed by atoms with Crippen LogP contribution in [-0.4, -0.2) is 14.6 Å². The van der Waals surface area contributed by atoms with Crippen molar-refractivity contribution in [3.8, 4) is 11.1 Å². The molecule has 25 heavy (non-hydrogen) atoms. The Labute approximate surface area is 151 Å². The Morgan fingerprint density at radius 1 is 1.00 bits per heavy atom. The van der Waals surface area contributed by atoms with Crippen LogP contribution in [0.25, 0.3) is 16.8 Å². The molecule has 1 N–H and O–H groups in total. The number of nitrogens with zero attached hydrogens (tertiary/aromatic N) is 3. The molecule has 0 aliphatic rings. The van der Waals surface area contributed by atoms with E-state index in [9.17, 15) is 0 Å². The summed E-state index contributed by atoms with van der Waals surface area (Å²) in [6.45, 7) is 4.05. The maximum absolute atomic E-state index is 6.11. The zero-order valence-electron chi connectivity index (χ0n) is 14.0. The lowest BCUT2D eigenvalue weighted by Crippen LogP contribution is -2.06. The van der Waals surface area contributed by atoms with Gasteiger partial charge in [0.2, 0.25) is 0 Å². The predicted molar refractivity (Wildman–Crippen MR) is 103 cm³/mol. The average Bonchev–Trinajstić information content (AvgIpc) is 3.03. The summed E-state index contributed by atoms with van der Waals surface area (Å²) in [6.07, 6.45) is 1.86. The Bertz CT molecular complexity index is 1050. The number of fused-ring (bicyclic) bond motifs is 1. The predicted octanol–water partition coefficient (Wildman–Crippen LogP) is 5.41. The van der Waals surface area contributed by atoms with Crippen molar-refractivity contribution >= 4 is 28.8 Å². The van der Waals surface area contributed by atoms with Crippen LogP contribution in [0, 0.1) is 13.8 Å². The largest absolute Gasteiger partial charge is 0.340 e. The molecule has 0 radical (unpaired) electrons. The summed E-state index contributed by atoms with van der Waals surface area (Å²) in [7, 11) is 0. The number of aryl methyl sites for hydroxylation is 1. The van der Waals surface area contributed by atoms with Gasteiger partial charge in [-0.25, -0.2) is 4.98 Å². The second-order valence-corrected chi connectivity index (χ2v) is 6.40. The second-order valence-electron chi connectivity index (χ2n) is 5.97. The molecule has 0 fully saturated rings. The van der Waals surface area contributed by atoms with E-state index >= 15 is 0 Å². The summed E-state index contributed by atoms with van der Waals surface area (Å²) in [5.74, 6) is 0.895. The maximum Gasteiger partial charge on any atom is 0.165 e. The van der Waals surface area contributed by atoms with Gasteiger partial charge in [-0.15, -0.1) is 0 Å². The molecule has 0 saturated carbocycles. The van der Waals surface area contributed by atoms with E-state index < -0.39 is 0 Å². The van der Waals surface area contributed by atoms with E-state index in [2.05, 4.69) is 22.5 Å². The third-order valence-corrected chi connectivity index (χ3v) is 4.53. The van der Waals surface area contributed by atoms with Crippen LogP contribution in [0.15, 0.2) is 60.8 Å². The number of rotatable bonds is 3. The molecular formula is C20H17ClN4. The lowest BCUT2D eigenvalue weighted by atomic mass is 10.1. The highest BCUT2D eigenvalue weighted by molar-refractivity contribution is 6.30. The molecule has 4 nitrogen and oxygen atoms in total. The van der Waals surface area contributed by atoms with Crippen LogP contribution in [0.5, 0.6) is 0 Å². The van der Waals surface area contributed by atoms with Crippen LogP contribution in [0.4, 0.5) is 11.5 Å². The van der Waals surface area contributed by atoms with Gasteiger partial charge in [0.05, 0.1) is 6.20 Å². The molecule has 0 unspecified atom stereocenters. The highest BCUT2D eigenvalue weighted by Gasteiger charge is 2.15. The number of hydrogen-bond acceptors (Lipinski definition) is 3. The average molecular weight is 349 g/mol. The molecule has 0 spiro atoms. The molecule has 0 amide bonds. The van der Waals surface area contributed by atoms with Crippen LogP contribution in [0.2, 0.25) is 5.02 Å². The van der Waals surface area contributed by atoms with E-state index in [0.717, 1.165) is 39.5 Å². The number of halogens is 1. The minimum Gasteiger partial charge on any atom is -0.340 e. The highest BCUT2D eigenvalue weighted by Crippen LogP contribution is 2.29. The molecule has 4 rings (SSSR count). The zero-order chi connectivity index (χ0) is 17.4. The van der Waals surface area contributed by atoms with Crippen LogP contribution in [-0.2, 0) is 0 Å². The van der Waals surface area contributed by atoms with Crippen molar-refractivity contribution < 1.29 is 0 Å². The molecule has 0 atom stereocenters. The third-order valence-electron chi connectivity index (χ3n) is 4.30. The lowest BCUT2D eigenvalue weighted by molar-refractivity contribution is 0.924. The van der Waals surface area contributed by atoms with Gasteiger partial charge in [-0.1, -0.05) is 48.0 Å². The first kappa shape index (κ1) is 15.7. The van der Waals surface area contributed by atoms with E-state index in [1.165, 1.54) is 0 Å². The van der Waals surface area contributed by atoms with Crippen molar-refractivity contribution in [2.75, 3.05) is 5.32 Å². The topological polar surface area (TPSA) is 42.2 Å². The van der Waals surface area contributed by atoms with Gasteiger partial charge in [0, 0.05) is 27.5 Å². The molecule has 124 valence electrons. The minimum atomic E-state index is 0.690. The number of nitrogens with one attached hydrogen (secondary N) is 1. The Morgan fingerprint density at radius 2 is 1.80 bits per heavy atom. The summed E-state index contributed by atoms with van der Waals surface area (Å²) in [6, 6.07) is 17.8. The highest BCUT2D eigenvalue weighted by atomic mass is 35.5. The van der Waals surface area contributed by atoms with E-state index in [0.29, 0.717) is 5.02 Å². The fourth-order valence-corrected chi connectivity index (χ4v) is 3.05. The summed E-state index contributed by atoms with van der Waals surface area (Å²) >= 11 is 6.11. The summed E-state index contributed by atoms with van der Waals surface area (Å²) in [5, 5.41) is 8.70. The summed E-state index contributed by atoms with van der Waals surface area (Å²) < 4.78 is 1.85. The number of aromatic nitrogens is 3. The van der Waals surface area contributed by atoms with E-state index in [4.69, 9.17) is 16.6 Å². The first-order valence-corrected chi connectivity index (χ1v) is 8.44. The molecule has 4 aromatic rings.